The highest BCUT2D eigenvalue weighted by Crippen LogP contribution is 2.29. The fourth-order valence-corrected chi connectivity index (χ4v) is 3.27. The van der Waals surface area contributed by atoms with Crippen molar-refractivity contribution >= 4 is 11.7 Å². The molecule has 0 aliphatic carbocycles. The van der Waals surface area contributed by atoms with Gasteiger partial charge in [-0.25, -0.2) is 4.98 Å². The van der Waals surface area contributed by atoms with Crippen LogP contribution in [0.3, 0.4) is 0 Å². The lowest BCUT2D eigenvalue weighted by atomic mass is 10.1. The molecular formula is C21H25F3N4O2. The number of amides is 1. The number of rotatable bonds is 7. The number of piperazine rings is 1. The Morgan fingerprint density at radius 1 is 1.10 bits per heavy atom. The number of aromatic nitrogens is 1. The predicted octanol–water partition coefficient (Wildman–Crippen LogP) is 2.59. The number of benzene rings is 1. The third-order valence-electron chi connectivity index (χ3n) is 5.03. The molecule has 1 aromatic carbocycles. The largest absolute Gasteiger partial charge is 0.497 e. The van der Waals surface area contributed by atoms with Crippen LogP contribution in [0, 0.1) is 0 Å². The van der Waals surface area contributed by atoms with Crippen LogP contribution in [0.2, 0.25) is 0 Å². The molecule has 0 saturated carbocycles. The molecule has 2 aromatic rings. The average molecular weight is 422 g/mol. The van der Waals surface area contributed by atoms with E-state index >= 15 is 0 Å². The Morgan fingerprint density at radius 3 is 2.37 bits per heavy atom. The molecule has 1 amide bonds. The van der Waals surface area contributed by atoms with Crippen molar-refractivity contribution in [3.63, 3.8) is 0 Å². The molecule has 1 aromatic heterocycles. The molecular weight excluding hydrogens is 397 g/mol. The molecule has 1 fully saturated rings. The quantitative estimate of drug-likeness (QED) is 0.744. The molecule has 1 saturated heterocycles. The van der Waals surface area contributed by atoms with Gasteiger partial charge in [0.2, 0.25) is 5.91 Å². The number of alkyl halides is 3. The molecule has 0 bridgehead atoms. The highest BCUT2D eigenvalue weighted by atomic mass is 19.4. The van der Waals surface area contributed by atoms with Crippen LogP contribution in [0.15, 0.2) is 42.6 Å². The Labute approximate surface area is 173 Å². The van der Waals surface area contributed by atoms with Crippen molar-refractivity contribution < 1.29 is 22.7 Å². The number of anilines is 1. The van der Waals surface area contributed by atoms with E-state index in [-0.39, 0.29) is 5.91 Å². The highest BCUT2D eigenvalue weighted by Gasteiger charge is 2.31. The van der Waals surface area contributed by atoms with Crippen LogP contribution in [-0.2, 0) is 17.4 Å². The van der Waals surface area contributed by atoms with Gasteiger partial charge in [-0.2, -0.15) is 13.2 Å². The first-order chi connectivity index (χ1) is 14.3. The second-order valence-electron chi connectivity index (χ2n) is 7.11. The molecule has 0 unspecified atom stereocenters. The van der Waals surface area contributed by atoms with E-state index in [1.165, 1.54) is 6.07 Å². The number of hydrogen-bond donors (Lipinski definition) is 1. The molecule has 1 aliphatic rings. The Morgan fingerprint density at radius 2 is 1.80 bits per heavy atom. The Hall–Kier alpha value is -2.81. The number of nitrogens with zero attached hydrogens (tertiary/aromatic N) is 3. The minimum Gasteiger partial charge on any atom is -0.497 e. The van der Waals surface area contributed by atoms with E-state index in [1.807, 2.05) is 34.1 Å². The normalized spacial score (nSPS) is 15.1. The smallest absolute Gasteiger partial charge is 0.417 e. The number of pyridine rings is 1. The summed E-state index contributed by atoms with van der Waals surface area (Å²) in [4.78, 5) is 20.1. The number of nitrogens with one attached hydrogen (secondary N) is 1. The minimum atomic E-state index is -4.38. The molecule has 0 spiro atoms. The first kappa shape index (κ1) is 21.9. The van der Waals surface area contributed by atoms with Gasteiger partial charge in [0.15, 0.2) is 0 Å². The van der Waals surface area contributed by atoms with Crippen molar-refractivity contribution in [2.24, 2.45) is 0 Å². The molecule has 30 heavy (non-hydrogen) atoms. The minimum absolute atomic E-state index is 0.0374. The van der Waals surface area contributed by atoms with E-state index in [0.29, 0.717) is 45.1 Å². The van der Waals surface area contributed by atoms with Crippen molar-refractivity contribution in [2.75, 3.05) is 51.3 Å². The van der Waals surface area contributed by atoms with Gasteiger partial charge in [0.05, 0.1) is 19.2 Å². The highest BCUT2D eigenvalue weighted by molar-refractivity contribution is 5.78. The molecule has 6 nitrogen and oxygen atoms in total. The number of halogens is 3. The molecule has 1 N–H and O–H groups in total. The van der Waals surface area contributed by atoms with E-state index in [4.69, 9.17) is 4.74 Å². The zero-order chi connectivity index (χ0) is 21.6. The Kier molecular flexibility index (Phi) is 7.15. The average Bonchev–Trinajstić information content (AvgIpc) is 2.74. The van der Waals surface area contributed by atoms with Crippen molar-refractivity contribution in [1.29, 1.82) is 0 Å². The van der Waals surface area contributed by atoms with Gasteiger partial charge in [-0.1, -0.05) is 12.1 Å². The number of hydrogen-bond acceptors (Lipinski definition) is 5. The maximum absolute atomic E-state index is 12.6. The second kappa shape index (κ2) is 9.80. The van der Waals surface area contributed by atoms with E-state index in [9.17, 15) is 18.0 Å². The zero-order valence-corrected chi connectivity index (χ0v) is 16.8. The van der Waals surface area contributed by atoms with Crippen LogP contribution in [0.25, 0.3) is 0 Å². The maximum Gasteiger partial charge on any atom is 0.417 e. The predicted molar refractivity (Wildman–Crippen MR) is 108 cm³/mol. The van der Waals surface area contributed by atoms with Gasteiger partial charge in [-0.3, -0.25) is 9.69 Å². The summed E-state index contributed by atoms with van der Waals surface area (Å²) in [5, 5.41) is 2.93. The molecule has 0 radical (unpaired) electrons. The van der Waals surface area contributed by atoms with Gasteiger partial charge in [-0.05, 0) is 36.2 Å². The van der Waals surface area contributed by atoms with Crippen LogP contribution in [-0.4, -0.2) is 62.2 Å². The molecule has 0 atom stereocenters. The van der Waals surface area contributed by atoms with Crippen molar-refractivity contribution in [2.45, 2.75) is 12.6 Å². The summed E-state index contributed by atoms with van der Waals surface area (Å²) in [5.74, 6) is 1.28. The van der Waals surface area contributed by atoms with Gasteiger partial charge >= 0.3 is 6.18 Å². The molecule has 162 valence electrons. The number of carbonyl (C=O) groups is 1. The Balaban J connectivity index is 1.38. The van der Waals surface area contributed by atoms with Gasteiger partial charge in [0.25, 0.3) is 0 Å². The molecule has 3 rings (SSSR count). The van der Waals surface area contributed by atoms with E-state index in [1.54, 1.807) is 7.11 Å². The molecule has 9 heteroatoms. The van der Waals surface area contributed by atoms with Crippen LogP contribution in [0.1, 0.15) is 11.1 Å². The lowest BCUT2D eigenvalue weighted by molar-refractivity contribution is -0.137. The van der Waals surface area contributed by atoms with E-state index in [2.05, 4.69) is 10.3 Å². The van der Waals surface area contributed by atoms with Gasteiger partial charge in [0, 0.05) is 38.9 Å². The fourth-order valence-electron chi connectivity index (χ4n) is 3.27. The monoisotopic (exact) mass is 422 g/mol. The number of carbonyl (C=O) groups excluding carboxylic acids is 1. The van der Waals surface area contributed by atoms with Crippen molar-refractivity contribution in [3.05, 3.63) is 53.7 Å². The van der Waals surface area contributed by atoms with Crippen LogP contribution in [0.4, 0.5) is 19.0 Å². The molecule has 2 heterocycles. The molecule has 1 aliphatic heterocycles. The van der Waals surface area contributed by atoms with E-state index < -0.39 is 11.7 Å². The Bertz CT molecular complexity index is 818. The number of methoxy groups -OCH3 is 1. The summed E-state index contributed by atoms with van der Waals surface area (Å²) in [6, 6.07) is 10.2. The summed E-state index contributed by atoms with van der Waals surface area (Å²) in [6.45, 7) is 3.37. The third-order valence-corrected chi connectivity index (χ3v) is 5.03. The first-order valence-corrected chi connectivity index (χ1v) is 9.75. The number of ether oxygens (including phenoxy) is 1. The topological polar surface area (TPSA) is 57.7 Å². The maximum atomic E-state index is 12.6. The first-order valence-electron chi connectivity index (χ1n) is 9.75. The lowest BCUT2D eigenvalue weighted by Gasteiger charge is -2.35. The van der Waals surface area contributed by atoms with Crippen LogP contribution in [0.5, 0.6) is 5.75 Å². The van der Waals surface area contributed by atoms with Gasteiger partial charge < -0.3 is 15.0 Å². The van der Waals surface area contributed by atoms with Crippen molar-refractivity contribution in [3.8, 4) is 5.75 Å². The zero-order valence-electron chi connectivity index (χ0n) is 16.8. The second-order valence-corrected chi connectivity index (χ2v) is 7.11. The van der Waals surface area contributed by atoms with Gasteiger partial charge in [0.1, 0.15) is 11.6 Å². The summed E-state index contributed by atoms with van der Waals surface area (Å²) in [7, 11) is 1.62. The summed E-state index contributed by atoms with van der Waals surface area (Å²) in [6.07, 6.45) is -2.79. The van der Waals surface area contributed by atoms with Crippen LogP contribution < -0.4 is 15.0 Å². The van der Waals surface area contributed by atoms with Crippen LogP contribution >= 0.6 is 0 Å². The SMILES string of the molecule is COc1ccc(CCNC(=O)CN2CCN(c3ccc(C(F)(F)F)cn3)CC2)cc1. The fraction of sp³-hybridized carbons (Fsp3) is 0.429. The summed E-state index contributed by atoms with van der Waals surface area (Å²) >= 11 is 0. The third kappa shape index (κ3) is 6.09. The van der Waals surface area contributed by atoms with E-state index in [0.717, 1.165) is 30.0 Å². The summed E-state index contributed by atoms with van der Waals surface area (Å²) in [5.41, 5.74) is 0.366. The van der Waals surface area contributed by atoms with Gasteiger partial charge in [-0.15, -0.1) is 0 Å². The lowest BCUT2D eigenvalue weighted by Crippen LogP contribution is -2.49. The summed E-state index contributed by atoms with van der Waals surface area (Å²) < 4.78 is 43.1. The van der Waals surface area contributed by atoms with Crippen molar-refractivity contribution in [1.82, 2.24) is 15.2 Å². The standard InChI is InChI=1S/C21H25F3N4O2/c1-30-18-5-2-16(3-6-18)8-9-25-20(29)15-27-10-12-28(13-11-27)19-7-4-17(14-26-19)21(22,23)24/h2-7,14H,8-13,15H2,1H3,(H,25,29).